The normalized spacial score (nSPS) is 16.3. The van der Waals surface area contributed by atoms with Gasteiger partial charge in [-0.05, 0) is 38.8 Å². The molecule has 1 fully saturated rings. The Morgan fingerprint density at radius 3 is 2.70 bits per heavy atom. The maximum absolute atomic E-state index is 13.0. The number of anilines is 1. The summed E-state index contributed by atoms with van der Waals surface area (Å²) in [6.07, 6.45) is 2.21. The number of carbonyl (C=O) groups excluding carboxylic acids is 1. The Labute approximate surface area is 191 Å². The Hall–Kier alpha value is -3.81. The van der Waals surface area contributed by atoms with Crippen LogP contribution in [0.25, 0.3) is 22.4 Å². The first-order valence-electron chi connectivity index (χ1n) is 11.2. The van der Waals surface area contributed by atoms with Crippen molar-refractivity contribution < 1.29 is 9.32 Å². The molecule has 1 aliphatic heterocycles. The zero-order valence-corrected chi connectivity index (χ0v) is 18.8. The molecule has 2 N–H and O–H groups in total. The molecule has 1 aliphatic rings. The van der Waals surface area contributed by atoms with Gasteiger partial charge in [0, 0.05) is 35.8 Å². The summed E-state index contributed by atoms with van der Waals surface area (Å²) in [6, 6.07) is 13.7. The molecule has 1 aromatic carbocycles. The summed E-state index contributed by atoms with van der Waals surface area (Å²) in [5.41, 5.74) is 10.3. The van der Waals surface area contributed by atoms with Crippen molar-refractivity contribution in [1.82, 2.24) is 25.0 Å². The summed E-state index contributed by atoms with van der Waals surface area (Å²) in [6.45, 7) is 5.10. The zero-order valence-electron chi connectivity index (χ0n) is 18.8. The minimum absolute atomic E-state index is 0.0906. The van der Waals surface area contributed by atoms with Crippen LogP contribution < -0.4 is 5.73 Å². The molecule has 8 heteroatoms. The standard InChI is InChI=1S/C25H26N6O2/c1-15-20(16(2)33-30-15)13-22(32)31-12-6-9-18(14-31)21-11-10-19-23(26)28-24(29-25(19)27-21)17-7-4-3-5-8-17/h3-5,7-8,10-11,18H,6,9,12-14H2,1-2H3,(H2,26,27,28,29). The van der Waals surface area contributed by atoms with Crippen molar-refractivity contribution in [3.63, 3.8) is 0 Å². The molecule has 4 aromatic rings. The van der Waals surface area contributed by atoms with Gasteiger partial charge in [0.05, 0.1) is 17.5 Å². The Balaban J connectivity index is 1.39. The van der Waals surface area contributed by atoms with Crippen LogP contribution in [0.2, 0.25) is 0 Å². The van der Waals surface area contributed by atoms with Crippen LogP contribution in [-0.4, -0.2) is 44.0 Å². The largest absolute Gasteiger partial charge is 0.383 e. The molecule has 3 aromatic heterocycles. The van der Waals surface area contributed by atoms with Gasteiger partial charge in [-0.25, -0.2) is 15.0 Å². The van der Waals surface area contributed by atoms with Crippen LogP contribution >= 0.6 is 0 Å². The van der Waals surface area contributed by atoms with Gasteiger partial charge < -0.3 is 15.2 Å². The van der Waals surface area contributed by atoms with E-state index in [0.29, 0.717) is 36.0 Å². The average molecular weight is 443 g/mol. The minimum Gasteiger partial charge on any atom is -0.383 e. The third-order valence-electron chi connectivity index (χ3n) is 6.34. The molecular weight excluding hydrogens is 416 g/mol. The minimum atomic E-state index is 0.0906. The fourth-order valence-corrected chi connectivity index (χ4v) is 4.45. The summed E-state index contributed by atoms with van der Waals surface area (Å²) >= 11 is 0. The Bertz CT molecular complexity index is 1300. The van der Waals surface area contributed by atoms with Crippen molar-refractivity contribution in [3.8, 4) is 11.4 Å². The summed E-state index contributed by atoms with van der Waals surface area (Å²) in [5.74, 6) is 1.92. The highest BCUT2D eigenvalue weighted by Gasteiger charge is 2.27. The number of amides is 1. The number of hydrogen-bond acceptors (Lipinski definition) is 7. The van der Waals surface area contributed by atoms with Crippen molar-refractivity contribution in [2.75, 3.05) is 18.8 Å². The zero-order chi connectivity index (χ0) is 22.9. The molecule has 1 atom stereocenters. The first-order valence-corrected chi connectivity index (χ1v) is 11.2. The number of likely N-dealkylation sites (tertiary alicyclic amines) is 1. The molecule has 8 nitrogen and oxygen atoms in total. The molecular formula is C25H26N6O2. The first-order chi connectivity index (χ1) is 16.0. The van der Waals surface area contributed by atoms with E-state index in [-0.39, 0.29) is 11.8 Å². The molecule has 0 saturated carbocycles. The Kier molecular flexibility index (Phi) is 5.50. The van der Waals surface area contributed by atoms with Gasteiger partial charge in [0.1, 0.15) is 11.6 Å². The van der Waals surface area contributed by atoms with Crippen LogP contribution in [-0.2, 0) is 11.2 Å². The predicted octanol–water partition coefficient (Wildman–Crippen LogP) is 3.83. The van der Waals surface area contributed by atoms with Crippen LogP contribution in [0.5, 0.6) is 0 Å². The second-order valence-corrected chi connectivity index (χ2v) is 8.56. The molecule has 33 heavy (non-hydrogen) atoms. The lowest BCUT2D eigenvalue weighted by Gasteiger charge is -2.32. The van der Waals surface area contributed by atoms with Crippen LogP contribution in [0.4, 0.5) is 5.82 Å². The number of nitrogens with zero attached hydrogens (tertiary/aromatic N) is 5. The number of aromatic nitrogens is 4. The molecule has 0 spiro atoms. The molecule has 0 radical (unpaired) electrons. The maximum Gasteiger partial charge on any atom is 0.227 e. The first kappa shape index (κ1) is 21.1. The van der Waals surface area contributed by atoms with E-state index in [1.807, 2.05) is 61.2 Å². The molecule has 0 aliphatic carbocycles. The van der Waals surface area contributed by atoms with Crippen molar-refractivity contribution in [2.24, 2.45) is 0 Å². The van der Waals surface area contributed by atoms with Gasteiger partial charge in [-0.1, -0.05) is 35.5 Å². The fraction of sp³-hybridized carbons (Fsp3) is 0.320. The number of benzene rings is 1. The third kappa shape index (κ3) is 4.16. The number of fused-ring (bicyclic) bond motifs is 1. The summed E-state index contributed by atoms with van der Waals surface area (Å²) in [4.78, 5) is 28.9. The van der Waals surface area contributed by atoms with Gasteiger partial charge in [-0.2, -0.15) is 0 Å². The number of aryl methyl sites for hydroxylation is 2. The average Bonchev–Trinajstić information content (AvgIpc) is 3.16. The number of piperidine rings is 1. The second-order valence-electron chi connectivity index (χ2n) is 8.56. The van der Waals surface area contributed by atoms with E-state index in [1.165, 1.54) is 0 Å². The molecule has 4 heterocycles. The number of carbonyl (C=O) groups is 1. The lowest BCUT2D eigenvalue weighted by Crippen LogP contribution is -2.40. The number of nitrogens with two attached hydrogens (primary N) is 1. The summed E-state index contributed by atoms with van der Waals surface area (Å²) < 4.78 is 5.21. The quantitative estimate of drug-likeness (QED) is 0.511. The van der Waals surface area contributed by atoms with Crippen molar-refractivity contribution >= 4 is 22.8 Å². The fourth-order valence-electron chi connectivity index (χ4n) is 4.45. The Morgan fingerprint density at radius 1 is 1.12 bits per heavy atom. The monoisotopic (exact) mass is 442 g/mol. The summed E-state index contributed by atoms with van der Waals surface area (Å²) in [5, 5.41) is 4.70. The van der Waals surface area contributed by atoms with Crippen LogP contribution in [0.1, 0.15) is 41.5 Å². The van der Waals surface area contributed by atoms with Crippen LogP contribution in [0.3, 0.4) is 0 Å². The molecule has 0 bridgehead atoms. The number of nitrogen functional groups attached to an aromatic ring is 1. The van der Waals surface area contributed by atoms with Crippen molar-refractivity contribution in [1.29, 1.82) is 0 Å². The lowest BCUT2D eigenvalue weighted by atomic mass is 9.93. The van der Waals surface area contributed by atoms with Gasteiger partial charge in [0.25, 0.3) is 0 Å². The van der Waals surface area contributed by atoms with Gasteiger partial charge in [-0.15, -0.1) is 0 Å². The maximum atomic E-state index is 13.0. The molecule has 1 amide bonds. The SMILES string of the molecule is Cc1noc(C)c1CC(=O)N1CCCC(c2ccc3c(N)nc(-c4ccccc4)nc3n2)C1. The topological polar surface area (TPSA) is 111 Å². The van der Waals surface area contributed by atoms with E-state index in [4.69, 9.17) is 15.2 Å². The number of hydrogen-bond donors (Lipinski definition) is 1. The van der Waals surface area contributed by atoms with E-state index in [2.05, 4.69) is 15.1 Å². The van der Waals surface area contributed by atoms with E-state index in [0.717, 1.165) is 47.3 Å². The molecule has 5 rings (SSSR count). The molecule has 168 valence electrons. The van der Waals surface area contributed by atoms with Crippen molar-refractivity contribution in [3.05, 3.63) is 65.2 Å². The highest BCUT2D eigenvalue weighted by Crippen LogP contribution is 2.29. The third-order valence-corrected chi connectivity index (χ3v) is 6.34. The molecule has 1 unspecified atom stereocenters. The lowest BCUT2D eigenvalue weighted by molar-refractivity contribution is -0.131. The molecule has 1 saturated heterocycles. The van der Waals surface area contributed by atoms with Crippen molar-refractivity contribution in [2.45, 2.75) is 39.0 Å². The van der Waals surface area contributed by atoms with E-state index in [1.54, 1.807) is 0 Å². The van der Waals surface area contributed by atoms with Crippen LogP contribution in [0, 0.1) is 13.8 Å². The van der Waals surface area contributed by atoms with Gasteiger partial charge >= 0.3 is 0 Å². The van der Waals surface area contributed by atoms with Gasteiger partial charge in [0.2, 0.25) is 5.91 Å². The highest BCUT2D eigenvalue weighted by molar-refractivity contribution is 5.87. The summed E-state index contributed by atoms with van der Waals surface area (Å²) in [7, 11) is 0. The van der Waals surface area contributed by atoms with Crippen LogP contribution in [0.15, 0.2) is 47.0 Å². The number of rotatable bonds is 4. The highest BCUT2D eigenvalue weighted by atomic mass is 16.5. The second kappa shape index (κ2) is 8.61. The van der Waals surface area contributed by atoms with E-state index in [9.17, 15) is 4.79 Å². The van der Waals surface area contributed by atoms with E-state index < -0.39 is 0 Å². The van der Waals surface area contributed by atoms with Gasteiger partial charge in [0.15, 0.2) is 11.5 Å². The Morgan fingerprint density at radius 2 is 1.94 bits per heavy atom. The van der Waals surface area contributed by atoms with Gasteiger partial charge in [-0.3, -0.25) is 4.79 Å². The smallest absolute Gasteiger partial charge is 0.227 e. The number of pyridine rings is 1. The van der Waals surface area contributed by atoms with E-state index >= 15 is 0 Å². The predicted molar refractivity (Wildman–Crippen MR) is 125 cm³/mol.